The van der Waals surface area contributed by atoms with Crippen molar-refractivity contribution in [1.29, 1.82) is 0 Å². The van der Waals surface area contributed by atoms with Gasteiger partial charge in [-0.25, -0.2) is 0 Å². The average molecular weight is 312 g/mol. The van der Waals surface area contributed by atoms with Gasteiger partial charge in [-0.15, -0.1) is 6.58 Å². The van der Waals surface area contributed by atoms with Crippen molar-refractivity contribution in [3.63, 3.8) is 0 Å². The van der Waals surface area contributed by atoms with Gasteiger partial charge in [0.05, 0.1) is 6.61 Å². The Bertz CT molecular complexity index is 404. The zero-order valence-corrected chi connectivity index (χ0v) is 12.8. The third-order valence-electron chi connectivity index (χ3n) is 2.89. The molecule has 0 aromatic heterocycles. The summed E-state index contributed by atoms with van der Waals surface area (Å²) >= 11 is 3.53. The Morgan fingerprint density at radius 1 is 1.50 bits per heavy atom. The highest BCUT2D eigenvalue weighted by atomic mass is 79.9. The normalized spacial score (nSPS) is 12.2. The van der Waals surface area contributed by atoms with Crippen LogP contribution in [0.25, 0.3) is 0 Å². The third-order valence-corrected chi connectivity index (χ3v) is 3.35. The molecule has 0 heterocycles. The maximum absolute atomic E-state index is 6.04. The first-order valence-electron chi connectivity index (χ1n) is 6.36. The third kappa shape index (κ3) is 4.46. The Hall–Kier alpha value is -0.800. The maximum Gasteiger partial charge on any atom is 0.125 e. The Morgan fingerprint density at radius 2 is 2.22 bits per heavy atom. The van der Waals surface area contributed by atoms with Crippen molar-refractivity contribution in [1.82, 2.24) is 0 Å². The summed E-state index contributed by atoms with van der Waals surface area (Å²) in [5.74, 6) is 0.976. The van der Waals surface area contributed by atoms with Crippen molar-refractivity contribution in [2.45, 2.75) is 39.2 Å². The van der Waals surface area contributed by atoms with E-state index >= 15 is 0 Å². The summed E-state index contributed by atoms with van der Waals surface area (Å²) in [6.07, 6.45) is 4.54. The van der Waals surface area contributed by atoms with Gasteiger partial charge in [-0.2, -0.15) is 0 Å². The van der Waals surface area contributed by atoms with E-state index in [2.05, 4.69) is 48.5 Å². The molecule has 1 aromatic carbocycles. The quantitative estimate of drug-likeness (QED) is 0.610. The standard InChI is InChI=1S/C15H22BrNO/c1-4-6-7-18-15-11(3)8-13(16)9-12(15)10-14(17)5-2/h4,8-9,14H,1,5-7,10,17H2,2-3H3. The second-order valence-corrected chi connectivity index (χ2v) is 5.42. The van der Waals surface area contributed by atoms with Gasteiger partial charge < -0.3 is 10.5 Å². The summed E-state index contributed by atoms with van der Waals surface area (Å²) in [4.78, 5) is 0. The molecule has 3 heteroatoms. The minimum atomic E-state index is 0.181. The van der Waals surface area contributed by atoms with Gasteiger partial charge in [-0.05, 0) is 49.4 Å². The summed E-state index contributed by atoms with van der Waals surface area (Å²) in [5, 5.41) is 0. The van der Waals surface area contributed by atoms with Crippen molar-refractivity contribution in [3.8, 4) is 5.75 Å². The first kappa shape index (κ1) is 15.3. The van der Waals surface area contributed by atoms with Crippen LogP contribution in [-0.2, 0) is 6.42 Å². The van der Waals surface area contributed by atoms with Crippen LogP contribution in [0.3, 0.4) is 0 Å². The zero-order valence-electron chi connectivity index (χ0n) is 11.2. The minimum absolute atomic E-state index is 0.181. The second-order valence-electron chi connectivity index (χ2n) is 4.51. The van der Waals surface area contributed by atoms with Gasteiger partial charge in [-0.3, -0.25) is 0 Å². The molecule has 0 bridgehead atoms. The van der Waals surface area contributed by atoms with E-state index < -0.39 is 0 Å². The van der Waals surface area contributed by atoms with Crippen molar-refractivity contribution >= 4 is 15.9 Å². The molecule has 0 aliphatic carbocycles. The predicted molar refractivity (Wildman–Crippen MR) is 81.2 cm³/mol. The monoisotopic (exact) mass is 311 g/mol. The fourth-order valence-corrected chi connectivity index (χ4v) is 2.45. The van der Waals surface area contributed by atoms with E-state index in [0.29, 0.717) is 6.61 Å². The summed E-state index contributed by atoms with van der Waals surface area (Å²) in [6, 6.07) is 4.36. The lowest BCUT2D eigenvalue weighted by Crippen LogP contribution is -2.22. The molecule has 2 nitrogen and oxygen atoms in total. The number of benzene rings is 1. The number of nitrogens with two attached hydrogens (primary N) is 1. The first-order chi connectivity index (χ1) is 8.58. The molecular weight excluding hydrogens is 290 g/mol. The number of ether oxygens (including phenoxy) is 1. The summed E-state index contributed by atoms with van der Waals surface area (Å²) < 4.78 is 6.94. The first-order valence-corrected chi connectivity index (χ1v) is 7.16. The Kier molecular flexibility index (Phi) is 6.44. The molecule has 0 amide bonds. The Labute approximate surface area is 118 Å². The van der Waals surface area contributed by atoms with Crippen LogP contribution in [0.2, 0.25) is 0 Å². The molecule has 0 aliphatic rings. The topological polar surface area (TPSA) is 35.2 Å². The van der Waals surface area contributed by atoms with Crippen LogP contribution in [0.5, 0.6) is 5.75 Å². The number of hydrogen-bond donors (Lipinski definition) is 1. The van der Waals surface area contributed by atoms with E-state index in [1.54, 1.807) is 0 Å². The molecule has 0 spiro atoms. The fourth-order valence-electron chi connectivity index (χ4n) is 1.83. The second kappa shape index (κ2) is 7.59. The molecule has 0 saturated heterocycles. The SMILES string of the molecule is C=CCCOc1c(C)cc(Br)cc1CC(N)CC. The van der Waals surface area contributed by atoms with Crippen LogP contribution in [0, 0.1) is 6.92 Å². The lowest BCUT2D eigenvalue weighted by molar-refractivity contribution is 0.318. The molecule has 0 fully saturated rings. The molecule has 2 N–H and O–H groups in total. The van der Waals surface area contributed by atoms with Crippen LogP contribution < -0.4 is 10.5 Å². The van der Waals surface area contributed by atoms with Gasteiger partial charge in [0, 0.05) is 10.5 Å². The number of halogens is 1. The predicted octanol–water partition coefficient (Wildman–Crippen LogP) is 3.99. The van der Waals surface area contributed by atoms with E-state index in [0.717, 1.165) is 35.0 Å². The lowest BCUT2D eigenvalue weighted by atomic mass is 10.0. The van der Waals surface area contributed by atoms with Crippen LogP contribution >= 0.6 is 15.9 Å². The number of hydrogen-bond acceptors (Lipinski definition) is 2. The number of rotatable bonds is 7. The number of aryl methyl sites for hydroxylation is 1. The Morgan fingerprint density at radius 3 is 2.83 bits per heavy atom. The van der Waals surface area contributed by atoms with Crippen LogP contribution in [0.15, 0.2) is 29.3 Å². The van der Waals surface area contributed by atoms with E-state index in [1.807, 2.05) is 6.08 Å². The summed E-state index contributed by atoms with van der Waals surface area (Å²) in [6.45, 7) is 8.54. The van der Waals surface area contributed by atoms with Crippen LogP contribution in [0.4, 0.5) is 0 Å². The molecule has 18 heavy (non-hydrogen) atoms. The van der Waals surface area contributed by atoms with Gasteiger partial charge in [0.25, 0.3) is 0 Å². The molecule has 1 aromatic rings. The average Bonchev–Trinajstić information content (AvgIpc) is 2.32. The van der Waals surface area contributed by atoms with Gasteiger partial charge in [0.1, 0.15) is 5.75 Å². The largest absolute Gasteiger partial charge is 0.493 e. The zero-order chi connectivity index (χ0) is 13.5. The van der Waals surface area contributed by atoms with Gasteiger partial charge in [-0.1, -0.05) is 28.9 Å². The minimum Gasteiger partial charge on any atom is -0.493 e. The van der Waals surface area contributed by atoms with E-state index in [9.17, 15) is 0 Å². The Balaban J connectivity index is 2.93. The fraction of sp³-hybridized carbons (Fsp3) is 0.467. The lowest BCUT2D eigenvalue weighted by Gasteiger charge is -2.17. The molecule has 1 unspecified atom stereocenters. The highest BCUT2D eigenvalue weighted by Crippen LogP contribution is 2.29. The summed E-state index contributed by atoms with van der Waals surface area (Å²) in [7, 11) is 0. The van der Waals surface area contributed by atoms with E-state index in [1.165, 1.54) is 5.56 Å². The van der Waals surface area contributed by atoms with E-state index in [-0.39, 0.29) is 6.04 Å². The molecular formula is C15H22BrNO. The van der Waals surface area contributed by atoms with Crippen molar-refractivity contribution in [2.24, 2.45) is 5.73 Å². The van der Waals surface area contributed by atoms with Crippen LogP contribution in [0.1, 0.15) is 30.9 Å². The maximum atomic E-state index is 6.04. The molecule has 100 valence electrons. The molecule has 1 atom stereocenters. The summed E-state index contributed by atoms with van der Waals surface area (Å²) in [5.41, 5.74) is 8.37. The molecule has 1 rings (SSSR count). The van der Waals surface area contributed by atoms with Crippen molar-refractivity contribution < 1.29 is 4.74 Å². The molecule has 0 aliphatic heterocycles. The van der Waals surface area contributed by atoms with E-state index in [4.69, 9.17) is 10.5 Å². The van der Waals surface area contributed by atoms with Crippen molar-refractivity contribution in [2.75, 3.05) is 6.61 Å². The van der Waals surface area contributed by atoms with Gasteiger partial charge in [0.15, 0.2) is 0 Å². The van der Waals surface area contributed by atoms with Crippen molar-refractivity contribution in [3.05, 3.63) is 40.4 Å². The highest BCUT2D eigenvalue weighted by molar-refractivity contribution is 9.10. The molecule has 0 saturated carbocycles. The van der Waals surface area contributed by atoms with Gasteiger partial charge in [0.2, 0.25) is 0 Å². The van der Waals surface area contributed by atoms with Crippen LogP contribution in [-0.4, -0.2) is 12.6 Å². The van der Waals surface area contributed by atoms with Gasteiger partial charge >= 0.3 is 0 Å². The smallest absolute Gasteiger partial charge is 0.125 e. The molecule has 0 radical (unpaired) electrons. The highest BCUT2D eigenvalue weighted by Gasteiger charge is 2.11.